The number of nitrogens with one attached hydrogen (secondary N) is 1. The summed E-state index contributed by atoms with van der Waals surface area (Å²) < 4.78 is 0. The summed E-state index contributed by atoms with van der Waals surface area (Å²) in [6, 6.07) is 16.1. The van der Waals surface area contributed by atoms with Crippen molar-refractivity contribution in [1.82, 2.24) is 10.3 Å². The Bertz CT molecular complexity index is 1400. The van der Waals surface area contributed by atoms with E-state index in [4.69, 9.17) is 0 Å². The quantitative estimate of drug-likeness (QED) is 0.426. The fourth-order valence-electron chi connectivity index (χ4n) is 5.75. The van der Waals surface area contributed by atoms with E-state index in [0.29, 0.717) is 0 Å². The van der Waals surface area contributed by atoms with Crippen LogP contribution in [0.4, 0.5) is 0 Å². The molecule has 3 aliphatic carbocycles. The van der Waals surface area contributed by atoms with Crippen LogP contribution in [-0.2, 0) is 32.1 Å². The average molecular weight is 471 g/mol. The first-order chi connectivity index (χ1) is 17.7. The van der Waals surface area contributed by atoms with E-state index in [9.17, 15) is 0 Å². The number of aromatic nitrogens is 1. The molecule has 8 rings (SSSR count). The molecule has 0 unspecified atom stereocenters. The first-order valence-corrected chi connectivity index (χ1v) is 13.4. The van der Waals surface area contributed by atoms with Crippen LogP contribution in [0.25, 0.3) is 17.2 Å². The molecule has 2 nitrogen and oxygen atoms in total. The van der Waals surface area contributed by atoms with Gasteiger partial charge >= 0.3 is 0 Å². The van der Waals surface area contributed by atoms with Gasteiger partial charge in [-0.2, -0.15) is 0 Å². The van der Waals surface area contributed by atoms with Crippen LogP contribution in [0.3, 0.4) is 0 Å². The molecule has 2 bridgehead atoms. The second-order valence-electron chi connectivity index (χ2n) is 10.3. The fraction of sp³-hybridized carbons (Fsp3) is 0.265. The van der Waals surface area contributed by atoms with E-state index in [2.05, 4.69) is 83.1 Å². The lowest BCUT2D eigenvalue weighted by atomic mass is 9.79. The third-order valence-electron chi connectivity index (χ3n) is 7.86. The zero-order chi connectivity index (χ0) is 24.3. The number of hydrogen-bond donors (Lipinski definition) is 1. The van der Waals surface area contributed by atoms with Crippen molar-refractivity contribution in [2.75, 3.05) is 0 Å². The molecule has 0 saturated carbocycles. The molecule has 1 aromatic heterocycles. The van der Waals surface area contributed by atoms with Crippen LogP contribution in [0, 0.1) is 6.92 Å². The lowest BCUT2D eigenvalue weighted by Crippen LogP contribution is -2.10. The van der Waals surface area contributed by atoms with Gasteiger partial charge in [-0.05, 0) is 127 Å². The molecule has 0 atom stereocenters. The predicted octanol–water partition coefficient (Wildman–Crippen LogP) is 7.61. The molecule has 2 aliphatic heterocycles. The zero-order valence-corrected chi connectivity index (χ0v) is 21.2. The van der Waals surface area contributed by atoms with E-state index in [-0.39, 0.29) is 0 Å². The lowest BCUT2D eigenvalue weighted by molar-refractivity contribution is 0.874. The van der Waals surface area contributed by atoms with Crippen LogP contribution in [0.2, 0.25) is 0 Å². The van der Waals surface area contributed by atoms with Crippen LogP contribution >= 0.6 is 0 Å². The summed E-state index contributed by atoms with van der Waals surface area (Å²) in [4.78, 5) is 4.43. The Balaban J connectivity index is 0.000000223. The monoisotopic (exact) mass is 470 g/mol. The molecule has 180 valence electrons. The average Bonchev–Trinajstić information content (AvgIpc) is 3.31. The fourth-order valence-corrected chi connectivity index (χ4v) is 5.75. The summed E-state index contributed by atoms with van der Waals surface area (Å²) in [5.74, 6) is 0. The largest absolute Gasteiger partial charge is 0.365 e. The number of benzene rings is 2. The van der Waals surface area contributed by atoms with Gasteiger partial charge in [0.25, 0.3) is 0 Å². The van der Waals surface area contributed by atoms with E-state index in [0.717, 1.165) is 18.5 Å². The smallest absolute Gasteiger partial charge is 0.0372 e. The predicted molar refractivity (Wildman–Crippen MR) is 151 cm³/mol. The lowest BCUT2D eigenvalue weighted by Gasteiger charge is -2.25. The van der Waals surface area contributed by atoms with E-state index in [1.807, 2.05) is 19.3 Å². The third-order valence-corrected chi connectivity index (χ3v) is 7.86. The molecule has 3 aromatic rings. The molecule has 0 amide bonds. The molecule has 2 aromatic carbocycles. The van der Waals surface area contributed by atoms with Gasteiger partial charge in [0.05, 0.1) is 0 Å². The van der Waals surface area contributed by atoms with Gasteiger partial charge in [0.15, 0.2) is 0 Å². The van der Waals surface area contributed by atoms with Gasteiger partial charge in [-0.3, -0.25) is 4.98 Å². The van der Waals surface area contributed by atoms with Gasteiger partial charge in [-0.25, -0.2) is 0 Å². The molecule has 5 aliphatic rings. The number of fused-ring (bicyclic) bond motifs is 8. The second kappa shape index (κ2) is 10.1. The summed E-state index contributed by atoms with van der Waals surface area (Å²) in [5, 5.41) is 3.20. The van der Waals surface area contributed by atoms with Gasteiger partial charge in [0.2, 0.25) is 0 Å². The van der Waals surface area contributed by atoms with Crippen molar-refractivity contribution in [3.8, 4) is 11.1 Å². The number of rotatable bonds is 3. The molecule has 0 spiro atoms. The first kappa shape index (κ1) is 22.8. The standard InChI is InChI=1S/C26H25N.C8H9N/c1-18-6-7-20(17-27-18)9-8-19-10-11-22-13-14-24-23-5-3-2-4-21(23)12-15-25(24)26(22)16-19;1-3-8-4-2-7(1)5-6-9-8/h2,4,6-7,10-12,15-17H,3,5,8-9,13-14H2,1H3;1,3,5-6,9H,2,4H2. The molecule has 0 saturated heterocycles. The van der Waals surface area contributed by atoms with Crippen molar-refractivity contribution >= 4 is 6.08 Å². The molecule has 0 radical (unpaired) electrons. The minimum atomic E-state index is 1.05. The van der Waals surface area contributed by atoms with Crippen molar-refractivity contribution < 1.29 is 0 Å². The molecule has 3 heterocycles. The van der Waals surface area contributed by atoms with Gasteiger partial charge < -0.3 is 5.32 Å². The Morgan fingerprint density at radius 1 is 0.778 bits per heavy atom. The highest BCUT2D eigenvalue weighted by molar-refractivity contribution is 5.77. The summed E-state index contributed by atoms with van der Waals surface area (Å²) in [6.45, 7) is 2.04. The van der Waals surface area contributed by atoms with Gasteiger partial charge in [0, 0.05) is 23.8 Å². The molecular weight excluding hydrogens is 436 g/mol. The summed E-state index contributed by atoms with van der Waals surface area (Å²) in [7, 11) is 0. The third kappa shape index (κ3) is 4.86. The highest BCUT2D eigenvalue weighted by atomic mass is 14.9. The van der Waals surface area contributed by atoms with Gasteiger partial charge in [0.1, 0.15) is 0 Å². The molecule has 0 fully saturated rings. The normalized spacial score (nSPS) is 16.4. The van der Waals surface area contributed by atoms with E-state index in [1.54, 1.807) is 11.1 Å². The molecule has 1 N–H and O–H groups in total. The van der Waals surface area contributed by atoms with E-state index in [1.165, 1.54) is 83.2 Å². The maximum Gasteiger partial charge on any atom is 0.0372 e. The number of nitrogens with zero attached hydrogens (tertiary/aromatic N) is 1. The van der Waals surface area contributed by atoms with Crippen molar-refractivity contribution in [3.63, 3.8) is 0 Å². The van der Waals surface area contributed by atoms with Crippen LogP contribution in [0.1, 0.15) is 58.3 Å². The summed E-state index contributed by atoms with van der Waals surface area (Å²) in [6.07, 6.45) is 24.3. The maximum absolute atomic E-state index is 4.43. The SMILES string of the molecule is C1=CC2=CC=C(CC2)N1.Cc1ccc(CCc2ccc3c(c2)-c2ccc4c(c2CC3)CCC=C4)cn1. The molecule has 36 heavy (non-hydrogen) atoms. The Hall–Kier alpha value is -3.65. The van der Waals surface area contributed by atoms with Crippen molar-refractivity contribution in [2.24, 2.45) is 0 Å². The zero-order valence-electron chi connectivity index (χ0n) is 21.2. The number of pyridine rings is 1. The minimum Gasteiger partial charge on any atom is -0.365 e. The number of allylic oxidation sites excluding steroid dienone is 6. The van der Waals surface area contributed by atoms with Crippen molar-refractivity contribution in [3.05, 3.63) is 130 Å². The number of hydrogen-bond acceptors (Lipinski definition) is 2. The van der Waals surface area contributed by atoms with E-state index >= 15 is 0 Å². The summed E-state index contributed by atoms with van der Waals surface area (Å²) in [5.41, 5.74) is 15.7. The van der Waals surface area contributed by atoms with Crippen LogP contribution in [-0.4, -0.2) is 4.98 Å². The second-order valence-corrected chi connectivity index (χ2v) is 10.3. The van der Waals surface area contributed by atoms with Crippen molar-refractivity contribution in [1.29, 1.82) is 0 Å². The minimum absolute atomic E-state index is 1.05. The van der Waals surface area contributed by atoms with Gasteiger partial charge in [-0.15, -0.1) is 0 Å². The Kier molecular flexibility index (Phi) is 6.42. The first-order valence-electron chi connectivity index (χ1n) is 13.4. The maximum atomic E-state index is 4.43. The molecule has 2 heteroatoms. The van der Waals surface area contributed by atoms with Gasteiger partial charge in [-0.1, -0.05) is 54.6 Å². The van der Waals surface area contributed by atoms with Crippen LogP contribution < -0.4 is 5.32 Å². The molecular formula is C34H34N2. The van der Waals surface area contributed by atoms with E-state index < -0.39 is 0 Å². The topological polar surface area (TPSA) is 24.9 Å². The van der Waals surface area contributed by atoms with Crippen LogP contribution in [0.5, 0.6) is 0 Å². The van der Waals surface area contributed by atoms with Crippen LogP contribution in [0.15, 0.2) is 90.4 Å². The Morgan fingerprint density at radius 2 is 1.69 bits per heavy atom. The Labute approximate surface area is 215 Å². The highest BCUT2D eigenvalue weighted by Crippen LogP contribution is 2.39. The van der Waals surface area contributed by atoms with Crippen molar-refractivity contribution in [2.45, 2.75) is 58.3 Å². The number of aryl methyl sites for hydroxylation is 4. The summed E-state index contributed by atoms with van der Waals surface area (Å²) >= 11 is 0. The Morgan fingerprint density at radius 3 is 2.56 bits per heavy atom. The highest BCUT2D eigenvalue weighted by Gasteiger charge is 2.21.